The lowest BCUT2D eigenvalue weighted by molar-refractivity contribution is 0.141. The van der Waals surface area contributed by atoms with E-state index in [2.05, 4.69) is 18.9 Å². The van der Waals surface area contributed by atoms with Crippen molar-refractivity contribution in [1.29, 1.82) is 0 Å². The van der Waals surface area contributed by atoms with Crippen molar-refractivity contribution in [2.24, 2.45) is 11.7 Å². The van der Waals surface area contributed by atoms with Crippen LogP contribution in [0.5, 0.6) is 5.75 Å². The molecule has 1 aliphatic carbocycles. The molecule has 116 valence electrons. The van der Waals surface area contributed by atoms with Crippen LogP contribution in [0.3, 0.4) is 0 Å². The average molecular weight is 306 g/mol. The molecule has 0 saturated heterocycles. The number of rotatable bonds is 6. The van der Waals surface area contributed by atoms with Gasteiger partial charge in [-0.05, 0) is 50.1 Å². The van der Waals surface area contributed by atoms with Crippen LogP contribution < -0.4 is 10.5 Å². The van der Waals surface area contributed by atoms with E-state index < -0.39 is 0 Å². The van der Waals surface area contributed by atoms with Gasteiger partial charge in [0.15, 0.2) is 0 Å². The topological polar surface area (TPSA) is 38.5 Å². The second-order valence-corrected chi connectivity index (χ2v) is 6.58. The smallest absolute Gasteiger partial charge is 0.119 e. The van der Waals surface area contributed by atoms with E-state index in [-0.39, 0.29) is 0 Å². The molecule has 2 atom stereocenters. The fourth-order valence-electron chi connectivity index (χ4n) is 3.01. The molecule has 3 nitrogen and oxygen atoms in total. The molecular formula is C17H26N2OS. The number of nitrogens with zero attached hydrogens (tertiary/aromatic N) is 1. The molecule has 4 heteroatoms. The molecule has 1 aliphatic rings. The van der Waals surface area contributed by atoms with Crippen LogP contribution in [0.4, 0.5) is 0 Å². The van der Waals surface area contributed by atoms with Gasteiger partial charge in [-0.2, -0.15) is 0 Å². The van der Waals surface area contributed by atoms with Crippen LogP contribution in [-0.4, -0.2) is 36.1 Å². The Morgan fingerprint density at radius 3 is 2.67 bits per heavy atom. The minimum absolute atomic E-state index is 0.424. The summed E-state index contributed by atoms with van der Waals surface area (Å²) in [5, 5.41) is 0. The molecule has 1 fully saturated rings. The molecular weight excluding hydrogens is 280 g/mol. The first kappa shape index (κ1) is 16.2. The van der Waals surface area contributed by atoms with Crippen molar-refractivity contribution in [3.63, 3.8) is 0 Å². The van der Waals surface area contributed by atoms with Gasteiger partial charge in [-0.15, -0.1) is 0 Å². The van der Waals surface area contributed by atoms with Crippen molar-refractivity contribution in [1.82, 2.24) is 4.90 Å². The molecule has 0 bridgehead atoms. The van der Waals surface area contributed by atoms with Gasteiger partial charge in [0.2, 0.25) is 0 Å². The summed E-state index contributed by atoms with van der Waals surface area (Å²) in [6.07, 6.45) is 5.39. The molecule has 0 aliphatic heterocycles. The molecule has 2 N–H and O–H groups in total. The summed E-state index contributed by atoms with van der Waals surface area (Å²) in [4.78, 5) is 2.87. The fourth-order valence-corrected chi connectivity index (χ4v) is 3.14. The molecule has 0 amide bonds. The molecule has 0 spiro atoms. The van der Waals surface area contributed by atoms with Crippen LogP contribution in [0.25, 0.3) is 0 Å². The highest BCUT2D eigenvalue weighted by molar-refractivity contribution is 7.80. The first-order chi connectivity index (χ1) is 10.1. The zero-order valence-corrected chi connectivity index (χ0v) is 13.9. The zero-order chi connectivity index (χ0) is 15.2. The SMILES string of the molecule is CC1CCCC(N(C)CCOc2ccc(C(N)=S)cc2)C1. The summed E-state index contributed by atoms with van der Waals surface area (Å²) in [5.74, 6) is 1.74. The molecule has 2 rings (SSSR count). The van der Waals surface area contributed by atoms with Crippen molar-refractivity contribution in [3.8, 4) is 5.75 Å². The summed E-state index contributed by atoms with van der Waals surface area (Å²) in [7, 11) is 2.21. The Hall–Kier alpha value is -1.13. The van der Waals surface area contributed by atoms with Crippen LogP contribution in [-0.2, 0) is 0 Å². The summed E-state index contributed by atoms with van der Waals surface area (Å²) < 4.78 is 5.80. The van der Waals surface area contributed by atoms with Crippen molar-refractivity contribution in [2.45, 2.75) is 38.6 Å². The third-order valence-electron chi connectivity index (χ3n) is 4.38. The van der Waals surface area contributed by atoms with Crippen molar-refractivity contribution in [3.05, 3.63) is 29.8 Å². The van der Waals surface area contributed by atoms with E-state index in [4.69, 9.17) is 22.7 Å². The van der Waals surface area contributed by atoms with E-state index in [9.17, 15) is 0 Å². The Balaban J connectivity index is 1.74. The maximum absolute atomic E-state index is 5.80. The molecule has 21 heavy (non-hydrogen) atoms. The van der Waals surface area contributed by atoms with E-state index in [0.29, 0.717) is 17.6 Å². The van der Waals surface area contributed by atoms with E-state index >= 15 is 0 Å². The first-order valence-corrected chi connectivity index (χ1v) is 8.20. The Morgan fingerprint density at radius 2 is 2.05 bits per heavy atom. The largest absolute Gasteiger partial charge is 0.492 e. The molecule has 1 saturated carbocycles. The van der Waals surface area contributed by atoms with Gasteiger partial charge >= 0.3 is 0 Å². The molecule has 1 aromatic rings. The van der Waals surface area contributed by atoms with E-state index in [1.165, 1.54) is 25.7 Å². The summed E-state index contributed by atoms with van der Waals surface area (Å²) in [6.45, 7) is 4.04. The lowest BCUT2D eigenvalue weighted by Gasteiger charge is -2.34. The standard InChI is InChI=1S/C17H26N2OS/c1-13-4-3-5-15(12-13)19(2)10-11-20-16-8-6-14(7-9-16)17(18)21/h6-9,13,15H,3-5,10-12H2,1-2H3,(H2,18,21). The van der Waals surface area contributed by atoms with Crippen molar-refractivity contribution >= 4 is 17.2 Å². The van der Waals surface area contributed by atoms with E-state index in [1.54, 1.807) is 0 Å². The van der Waals surface area contributed by atoms with Crippen LogP contribution in [0.1, 0.15) is 38.2 Å². The minimum atomic E-state index is 0.424. The molecule has 0 aromatic heterocycles. The van der Waals surface area contributed by atoms with Gasteiger partial charge in [0.25, 0.3) is 0 Å². The molecule has 1 aromatic carbocycles. The second kappa shape index (κ2) is 7.76. The quantitative estimate of drug-likeness (QED) is 0.819. The molecule has 0 radical (unpaired) electrons. The number of hydrogen-bond donors (Lipinski definition) is 1. The monoisotopic (exact) mass is 306 g/mol. The van der Waals surface area contributed by atoms with Gasteiger partial charge in [-0.1, -0.05) is 32.0 Å². The maximum Gasteiger partial charge on any atom is 0.119 e. The van der Waals surface area contributed by atoms with Crippen molar-refractivity contribution in [2.75, 3.05) is 20.2 Å². The van der Waals surface area contributed by atoms with Gasteiger partial charge in [0.05, 0.1) is 0 Å². The normalized spacial score (nSPS) is 22.2. The highest BCUT2D eigenvalue weighted by Gasteiger charge is 2.21. The van der Waals surface area contributed by atoms with Gasteiger partial charge in [0.1, 0.15) is 17.3 Å². The summed E-state index contributed by atoms with van der Waals surface area (Å²) >= 11 is 4.94. The fraction of sp³-hybridized carbons (Fsp3) is 0.588. The maximum atomic E-state index is 5.80. The summed E-state index contributed by atoms with van der Waals surface area (Å²) in [5.41, 5.74) is 6.46. The third kappa shape index (κ3) is 4.97. The first-order valence-electron chi connectivity index (χ1n) is 7.79. The number of thiocarbonyl (C=S) groups is 1. The Labute approximate surface area is 133 Å². The summed E-state index contributed by atoms with van der Waals surface area (Å²) in [6, 6.07) is 8.39. The second-order valence-electron chi connectivity index (χ2n) is 6.14. The number of ether oxygens (including phenoxy) is 1. The predicted octanol–water partition coefficient (Wildman–Crippen LogP) is 3.21. The lowest BCUT2D eigenvalue weighted by atomic mass is 9.86. The van der Waals surface area contributed by atoms with Gasteiger partial charge in [-0.25, -0.2) is 0 Å². The highest BCUT2D eigenvalue weighted by atomic mass is 32.1. The van der Waals surface area contributed by atoms with Gasteiger partial charge in [0, 0.05) is 18.2 Å². The average Bonchev–Trinajstić information content (AvgIpc) is 2.47. The van der Waals surface area contributed by atoms with Gasteiger partial charge in [-0.3, -0.25) is 0 Å². The Bertz CT molecular complexity index is 460. The highest BCUT2D eigenvalue weighted by Crippen LogP contribution is 2.26. The third-order valence-corrected chi connectivity index (χ3v) is 4.62. The van der Waals surface area contributed by atoms with Crippen molar-refractivity contribution < 1.29 is 4.74 Å². The van der Waals surface area contributed by atoms with Crippen LogP contribution >= 0.6 is 12.2 Å². The number of nitrogens with two attached hydrogens (primary N) is 1. The Morgan fingerprint density at radius 1 is 1.33 bits per heavy atom. The molecule has 0 heterocycles. The molecule has 2 unspecified atom stereocenters. The number of hydrogen-bond acceptors (Lipinski definition) is 3. The van der Waals surface area contributed by atoms with Crippen LogP contribution in [0.15, 0.2) is 24.3 Å². The number of likely N-dealkylation sites (N-methyl/N-ethyl adjacent to an activating group) is 1. The van der Waals surface area contributed by atoms with Gasteiger partial charge < -0.3 is 15.4 Å². The number of benzene rings is 1. The van der Waals surface area contributed by atoms with Crippen LogP contribution in [0.2, 0.25) is 0 Å². The van der Waals surface area contributed by atoms with Crippen LogP contribution in [0, 0.1) is 5.92 Å². The predicted molar refractivity (Wildman–Crippen MR) is 91.9 cm³/mol. The van der Waals surface area contributed by atoms with E-state index in [1.807, 2.05) is 24.3 Å². The zero-order valence-electron chi connectivity index (χ0n) is 13.0. The minimum Gasteiger partial charge on any atom is -0.492 e. The lowest BCUT2D eigenvalue weighted by Crippen LogP contribution is -2.37. The van der Waals surface area contributed by atoms with E-state index in [0.717, 1.165) is 23.8 Å². The Kier molecular flexibility index (Phi) is 6.00.